The molecule has 2 amide bonds. The highest BCUT2D eigenvalue weighted by molar-refractivity contribution is 5.98. The third kappa shape index (κ3) is 4.62. The highest BCUT2D eigenvalue weighted by Crippen LogP contribution is 2.27. The van der Waals surface area contributed by atoms with Gasteiger partial charge in [-0.25, -0.2) is 0 Å². The number of aliphatic hydroxyl groups excluding tert-OH is 1. The fraction of sp³-hybridized carbons (Fsp3) is 0.400. The summed E-state index contributed by atoms with van der Waals surface area (Å²) in [5.74, 6) is -0.0520. The summed E-state index contributed by atoms with van der Waals surface area (Å²) in [5, 5.41) is 14.3. The smallest absolute Gasteiger partial charge is 0.270 e. The molecule has 5 rings (SSSR count). The SMILES string of the molecule is O=C(NCc1cccnc1)[C@@H]1C[C@@H](O)CN1C1CCN(C(=O)c2cc3ccccc3[nH]2)CC1. The summed E-state index contributed by atoms with van der Waals surface area (Å²) in [6, 6.07) is 13.4. The lowest BCUT2D eigenvalue weighted by molar-refractivity contribution is -0.126. The zero-order valence-electron chi connectivity index (χ0n) is 18.5. The molecule has 2 atom stereocenters. The van der Waals surface area contributed by atoms with Gasteiger partial charge in [-0.15, -0.1) is 0 Å². The van der Waals surface area contributed by atoms with Gasteiger partial charge in [0.15, 0.2) is 0 Å². The molecule has 2 fully saturated rings. The second-order valence-corrected chi connectivity index (χ2v) is 8.97. The fourth-order valence-electron chi connectivity index (χ4n) is 5.07. The summed E-state index contributed by atoms with van der Waals surface area (Å²) >= 11 is 0. The molecule has 2 aliphatic heterocycles. The van der Waals surface area contributed by atoms with Crippen molar-refractivity contribution in [1.82, 2.24) is 25.1 Å². The number of aromatic nitrogens is 2. The van der Waals surface area contributed by atoms with Crippen LogP contribution in [0.2, 0.25) is 0 Å². The molecule has 0 unspecified atom stereocenters. The first-order valence-electron chi connectivity index (χ1n) is 11.6. The van der Waals surface area contributed by atoms with E-state index in [1.54, 1.807) is 12.4 Å². The number of amides is 2. The molecule has 1 aromatic carbocycles. The van der Waals surface area contributed by atoms with Gasteiger partial charge in [0.05, 0.1) is 12.1 Å². The van der Waals surface area contributed by atoms with Crippen molar-refractivity contribution in [1.29, 1.82) is 0 Å². The molecule has 0 bridgehead atoms. The van der Waals surface area contributed by atoms with Crippen LogP contribution in [0.15, 0.2) is 54.9 Å². The van der Waals surface area contributed by atoms with Crippen LogP contribution in [-0.2, 0) is 11.3 Å². The maximum absolute atomic E-state index is 13.0. The number of nitrogens with zero attached hydrogens (tertiary/aromatic N) is 3. The number of hydrogen-bond acceptors (Lipinski definition) is 5. The van der Waals surface area contributed by atoms with E-state index in [2.05, 4.69) is 20.2 Å². The largest absolute Gasteiger partial charge is 0.392 e. The van der Waals surface area contributed by atoms with Crippen LogP contribution in [0, 0.1) is 0 Å². The summed E-state index contributed by atoms with van der Waals surface area (Å²) in [5.41, 5.74) is 2.51. The average Bonchev–Trinajstić information content (AvgIpc) is 3.46. The Morgan fingerprint density at radius 1 is 1.15 bits per heavy atom. The molecule has 4 heterocycles. The number of aromatic amines is 1. The van der Waals surface area contributed by atoms with Gasteiger partial charge >= 0.3 is 0 Å². The Labute approximate surface area is 192 Å². The molecule has 33 heavy (non-hydrogen) atoms. The lowest BCUT2D eigenvalue weighted by atomic mass is 10.0. The normalized spacial score (nSPS) is 22.0. The van der Waals surface area contributed by atoms with Gasteiger partial charge < -0.3 is 20.3 Å². The number of pyridine rings is 1. The Hall–Kier alpha value is -3.23. The predicted molar refractivity (Wildman–Crippen MR) is 124 cm³/mol. The summed E-state index contributed by atoms with van der Waals surface area (Å²) in [6.45, 7) is 2.18. The summed E-state index contributed by atoms with van der Waals surface area (Å²) in [7, 11) is 0. The summed E-state index contributed by atoms with van der Waals surface area (Å²) in [6.07, 6.45) is 4.94. The first-order valence-corrected chi connectivity index (χ1v) is 11.6. The maximum atomic E-state index is 13.0. The number of carbonyl (C=O) groups excluding carboxylic acids is 2. The van der Waals surface area contributed by atoms with Crippen LogP contribution in [0.3, 0.4) is 0 Å². The number of H-pyrrole nitrogens is 1. The molecule has 172 valence electrons. The number of rotatable bonds is 5. The molecular weight excluding hydrogens is 418 g/mol. The van der Waals surface area contributed by atoms with Gasteiger partial charge in [0.1, 0.15) is 5.69 Å². The number of likely N-dealkylation sites (tertiary alicyclic amines) is 2. The van der Waals surface area contributed by atoms with Crippen LogP contribution < -0.4 is 5.32 Å². The van der Waals surface area contributed by atoms with Crippen molar-refractivity contribution < 1.29 is 14.7 Å². The summed E-state index contributed by atoms with van der Waals surface area (Å²) in [4.78, 5) is 37.2. The minimum absolute atomic E-state index is 0.0110. The lowest BCUT2D eigenvalue weighted by Crippen LogP contribution is -2.52. The molecule has 3 aromatic rings. The number of piperidine rings is 1. The lowest BCUT2D eigenvalue weighted by Gasteiger charge is -2.38. The predicted octanol–water partition coefficient (Wildman–Crippen LogP) is 1.92. The van der Waals surface area contributed by atoms with E-state index in [-0.39, 0.29) is 23.9 Å². The van der Waals surface area contributed by atoms with Gasteiger partial charge in [0, 0.05) is 55.5 Å². The summed E-state index contributed by atoms with van der Waals surface area (Å²) < 4.78 is 0. The van der Waals surface area contributed by atoms with Gasteiger partial charge in [-0.05, 0) is 43.0 Å². The van der Waals surface area contributed by atoms with Crippen LogP contribution >= 0.6 is 0 Å². The van der Waals surface area contributed by atoms with Crippen LogP contribution in [-0.4, -0.2) is 74.5 Å². The molecule has 0 spiro atoms. The fourth-order valence-corrected chi connectivity index (χ4v) is 5.07. The zero-order valence-corrected chi connectivity index (χ0v) is 18.5. The molecule has 8 heteroatoms. The minimum Gasteiger partial charge on any atom is -0.392 e. The Morgan fingerprint density at radius 3 is 2.73 bits per heavy atom. The number of para-hydroxylation sites is 1. The van der Waals surface area contributed by atoms with E-state index in [1.807, 2.05) is 47.4 Å². The van der Waals surface area contributed by atoms with E-state index in [1.165, 1.54) is 0 Å². The van der Waals surface area contributed by atoms with Crippen molar-refractivity contribution in [2.45, 2.75) is 44.0 Å². The average molecular weight is 448 g/mol. The van der Waals surface area contributed by atoms with Crippen molar-refractivity contribution in [3.8, 4) is 0 Å². The highest BCUT2D eigenvalue weighted by atomic mass is 16.3. The standard InChI is InChI=1S/C25H29N5O3/c31-20-13-23(24(32)27-15-17-4-3-9-26-14-17)30(16-20)19-7-10-29(11-8-19)25(33)22-12-18-5-1-2-6-21(18)28-22/h1-6,9,12,14,19-20,23,28,31H,7-8,10-11,13,15-16H2,(H,27,32)/t20-,23+/m1/s1. The zero-order chi connectivity index (χ0) is 22.8. The Kier molecular flexibility index (Phi) is 6.11. The van der Waals surface area contributed by atoms with Crippen LogP contribution in [0.5, 0.6) is 0 Å². The topological polar surface area (TPSA) is 102 Å². The van der Waals surface area contributed by atoms with E-state index < -0.39 is 6.10 Å². The molecule has 2 saturated heterocycles. The van der Waals surface area contributed by atoms with Gasteiger partial charge in [0.25, 0.3) is 5.91 Å². The third-order valence-electron chi connectivity index (χ3n) is 6.79. The number of β-amino-alcohol motifs (C(OH)–C–C–N with tert-alkyl or cyclic N) is 1. The van der Waals surface area contributed by atoms with Gasteiger partial charge in [-0.2, -0.15) is 0 Å². The first kappa shape index (κ1) is 21.6. The minimum atomic E-state index is -0.509. The van der Waals surface area contributed by atoms with Crippen LogP contribution in [0.4, 0.5) is 0 Å². The first-order chi connectivity index (χ1) is 16.1. The van der Waals surface area contributed by atoms with E-state index in [4.69, 9.17) is 0 Å². The van der Waals surface area contributed by atoms with E-state index in [0.29, 0.717) is 38.3 Å². The Morgan fingerprint density at radius 2 is 1.97 bits per heavy atom. The number of fused-ring (bicyclic) bond motifs is 1. The third-order valence-corrected chi connectivity index (χ3v) is 6.79. The van der Waals surface area contributed by atoms with Gasteiger partial charge in [0.2, 0.25) is 5.91 Å². The number of carbonyl (C=O) groups is 2. The van der Waals surface area contributed by atoms with Gasteiger partial charge in [-0.3, -0.25) is 19.5 Å². The van der Waals surface area contributed by atoms with Crippen LogP contribution in [0.1, 0.15) is 35.3 Å². The second kappa shape index (κ2) is 9.33. The van der Waals surface area contributed by atoms with Crippen molar-refractivity contribution in [2.75, 3.05) is 19.6 Å². The molecule has 8 nitrogen and oxygen atoms in total. The highest BCUT2D eigenvalue weighted by Gasteiger charge is 2.41. The molecule has 3 N–H and O–H groups in total. The molecule has 2 aliphatic rings. The molecular formula is C25H29N5O3. The molecule has 0 radical (unpaired) electrons. The maximum Gasteiger partial charge on any atom is 0.270 e. The van der Waals surface area contributed by atoms with Crippen molar-refractivity contribution in [3.05, 3.63) is 66.1 Å². The van der Waals surface area contributed by atoms with Crippen LogP contribution in [0.25, 0.3) is 10.9 Å². The Balaban J connectivity index is 1.19. The van der Waals surface area contributed by atoms with Crippen molar-refractivity contribution in [3.63, 3.8) is 0 Å². The monoisotopic (exact) mass is 447 g/mol. The van der Waals surface area contributed by atoms with E-state index >= 15 is 0 Å². The molecule has 0 aliphatic carbocycles. The Bertz CT molecular complexity index is 1090. The quantitative estimate of drug-likeness (QED) is 0.555. The van der Waals surface area contributed by atoms with E-state index in [0.717, 1.165) is 29.3 Å². The second-order valence-electron chi connectivity index (χ2n) is 8.97. The van der Waals surface area contributed by atoms with Gasteiger partial charge in [-0.1, -0.05) is 24.3 Å². The number of benzene rings is 1. The number of aliphatic hydroxyl groups is 1. The van der Waals surface area contributed by atoms with Crippen molar-refractivity contribution in [2.24, 2.45) is 0 Å². The van der Waals surface area contributed by atoms with E-state index in [9.17, 15) is 14.7 Å². The number of hydrogen-bond donors (Lipinski definition) is 3. The van der Waals surface area contributed by atoms with Crippen molar-refractivity contribution >= 4 is 22.7 Å². The molecule has 0 saturated carbocycles. The molecule has 2 aromatic heterocycles. The number of nitrogens with one attached hydrogen (secondary N) is 2.